The highest BCUT2D eigenvalue weighted by Gasteiger charge is 2.48. The van der Waals surface area contributed by atoms with Gasteiger partial charge in [0.2, 0.25) is 0 Å². The maximum absolute atomic E-state index is 13.4. The standard InChI is InChI=1S/C28H24F2N2O2/c29-18-8-4-15(5-9-18)22-12-17(22)14-32-27(33)21-3-1-2-20(25(21)28(32)34)26(31)24-13-23(24)16-6-10-19(30)11-7-16/h1-11,17,22-24,26H,12-14,31H2. The number of halogens is 2. The first kappa shape index (κ1) is 21.2. The SMILES string of the molecule is NC(c1cccc2c1C(=O)N(CC1CC1c1ccc(F)cc1)C2=O)C1CC1c1ccc(F)cc1. The van der Waals surface area contributed by atoms with Crippen molar-refractivity contribution in [2.75, 3.05) is 6.54 Å². The quantitative estimate of drug-likeness (QED) is 0.519. The molecule has 2 fully saturated rings. The van der Waals surface area contributed by atoms with E-state index in [9.17, 15) is 18.4 Å². The van der Waals surface area contributed by atoms with E-state index in [0.717, 1.165) is 24.0 Å². The molecular weight excluding hydrogens is 434 g/mol. The molecule has 0 bridgehead atoms. The molecule has 6 rings (SSSR count). The van der Waals surface area contributed by atoms with Crippen molar-refractivity contribution in [2.24, 2.45) is 17.6 Å². The number of amides is 2. The van der Waals surface area contributed by atoms with Gasteiger partial charge in [-0.1, -0.05) is 36.4 Å². The molecule has 3 aliphatic rings. The summed E-state index contributed by atoms with van der Waals surface area (Å²) in [4.78, 5) is 27.8. The Labute approximate surface area is 196 Å². The van der Waals surface area contributed by atoms with Crippen LogP contribution in [-0.2, 0) is 0 Å². The van der Waals surface area contributed by atoms with Crippen LogP contribution in [0.25, 0.3) is 0 Å². The minimum atomic E-state index is -0.380. The van der Waals surface area contributed by atoms with Gasteiger partial charge in [-0.05, 0) is 83.5 Å². The molecule has 6 heteroatoms. The Balaban J connectivity index is 1.19. The molecule has 0 saturated heterocycles. The van der Waals surface area contributed by atoms with E-state index in [1.807, 2.05) is 6.07 Å². The summed E-state index contributed by atoms with van der Waals surface area (Å²) in [6.45, 7) is 0.352. The number of hydrogen-bond donors (Lipinski definition) is 1. The van der Waals surface area contributed by atoms with Crippen molar-refractivity contribution in [1.29, 1.82) is 0 Å². The van der Waals surface area contributed by atoms with Crippen LogP contribution in [0.2, 0.25) is 0 Å². The summed E-state index contributed by atoms with van der Waals surface area (Å²) >= 11 is 0. The lowest BCUT2D eigenvalue weighted by Crippen LogP contribution is -2.32. The highest BCUT2D eigenvalue weighted by Crippen LogP contribution is 2.54. The number of rotatable bonds is 6. The Kier molecular flexibility index (Phi) is 4.88. The molecule has 2 amide bonds. The minimum absolute atomic E-state index is 0.139. The minimum Gasteiger partial charge on any atom is -0.324 e. The molecule has 2 N–H and O–H groups in total. The van der Waals surface area contributed by atoms with Crippen LogP contribution in [0.3, 0.4) is 0 Å². The van der Waals surface area contributed by atoms with Crippen LogP contribution in [0, 0.1) is 23.5 Å². The van der Waals surface area contributed by atoms with Crippen molar-refractivity contribution in [3.8, 4) is 0 Å². The molecule has 2 saturated carbocycles. The van der Waals surface area contributed by atoms with Crippen molar-refractivity contribution >= 4 is 11.8 Å². The zero-order chi connectivity index (χ0) is 23.6. The smallest absolute Gasteiger partial charge is 0.261 e. The molecule has 1 heterocycles. The summed E-state index contributed by atoms with van der Waals surface area (Å²) in [5, 5.41) is 0. The first-order valence-corrected chi connectivity index (χ1v) is 11.7. The van der Waals surface area contributed by atoms with E-state index < -0.39 is 0 Å². The number of nitrogens with zero attached hydrogens (tertiary/aromatic N) is 1. The van der Waals surface area contributed by atoms with Gasteiger partial charge in [-0.2, -0.15) is 0 Å². The first-order valence-electron chi connectivity index (χ1n) is 11.7. The number of hydrogen-bond acceptors (Lipinski definition) is 3. The molecule has 4 nitrogen and oxygen atoms in total. The van der Waals surface area contributed by atoms with Gasteiger partial charge in [0.05, 0.1) is 11.1 Å². The topological polar surface area (TPSA) is 63.4 Å². The highest BCUT2D eigenvalue weighted by atomic mass is 19.1. The van der Waals surface area contributed by atoms with Gasteiger partial charge in [0.25, 0.3) is 11.8 Å². The number of imide groups is 1. The Bertz CT molecular complexity index is 1290. The maximum atomic E-state index is 13.4. The summed E-state index contributed by atoms with van der Waals surface area (Å²) < 4.78 is 26.5. The molecule has 3 aromatic carbocycles. The van der Waals surface area contributed by atoms with E-state index in [2.05, 4.69) is 0 Å². The average Bonchev–Trinajstić information content (AvgIpc) is 3.76. The molecule has 5 atom stereocenters. The monoisotopic (exact) mass is 458 g/mol. The van der Waals surface area contributed by atoms with Crippen molar-refractivity contribution in [3.63, 3.8) is 0 Å². The fourth-order valence-corrected chi connectivity index (χ4v) is 5.54. The molecule has 172 valence electrons. The van der Waals surface area contributed by atoms with Crippen molar-refractivity contribution in [1.82, 2.24) is 4.90 Å². The van der Waals surface area contributed by atoms with E-state index in [-0.39, 0.29) is 53.2 Å². The van der Waals surface area contributed by atoms with Crippen LogP contribution in [0.4, 0.5) is 8.78 Å². The largest absolute Gasteiger partial charge is 0.324 e. The van der Waals surface area contributed by atoms with Gasteiger partial charge < -0.3 is 5.73 Å². The molecule has 1 aliphatic heterocycles. The number of carbonyl (C=O) groups is 2. The normalized spacial score (nSPS) is 25.9. The van der Waals surface area contributed by atoms with Crippen LogP contribution in [0.5, 0.6) is 0 Å². The second-order valence-electron chi connectivity index (χ2n) is 9.73. The average molecular weight is 459 g/mol. The van der Waals surface area contributed by atoms with Gasteiger partial charge >= 0.3 is 0 Å². The summed E-state index contributed by atoms with van der Waals surface area (Å²) in [6, 6.07) is 17.8. The summed E-state index contributed by atoms with van der Waals surface area (Å²) in [6.07, 6.45) is 1.73. The molecule has 0 spiro atoms. The van der Waals surface area contributed by atoms with E-state index in [1.54, 1.807) is 36.4 Å². The number of nitrogens with two attached hydrogens (primary N) is 1. The van der Waals surface area contributed by atoms with Crippen molar-refractivity contribution < 1.29 is 18.4 Å². The third-order valence-corrected chi connectivity index (χ3v) is 7.63. The maximum Gasteiger partial charge on any atom is 0.261 e. The molecule has 34 heavy (non-hydrogen) atoms. The molecule has 0 aromatic heterocycles. The predicted molar refractivity (Wildman–Crippen MR) is 123 cm³/mol. The van der Waals surface area contributed by atoms with Gasteiger partial charge in [-0.25, -0.2) is 8.78 Å². The van der Waals surface area contributed by atoms with E-state index >= 15 is 0 Å². The number of carbonyl (C=O) groups excluding carboxylic acids is 2. The van der Waals surface area contributed by atoms with Crippen LogP contribution in [0.15, 0.2) is 66.7 Å². The second kappa shape index (κ2) is 7.84. The van der Waals surface area contributed by atoms with E-state index in [4.69, 9.17) is 5.73 Å². The van der Waals surface area contributed by atoms with Crippen LogP contribution >= 0.6 is 0 Å². The zero-order valence-electron chi connectivity index (χ0n) is 18.5. The fraction of sp³-hybridized carbons (Fsp3) is 0.286. The predicted octanol–water partition coefficient (Wildman–Crippen LogP) is 5.17. The van der Waals surface area contributed by atoms with Crippen LogP contribution < -0.4 is 5.73 Å². The third kappa shape index (κ3) is 3.53. The lowest BCUT2D eigenvalue weighted by molar-refractivity contribution is 0.0645. The highest BCUT2D eigenvalue weighted by molar-refractivity contribution is 6.22. The van der Waals surface area contributed by atoms with Gasteiger partial charge in [0.1, 0.15) is 11.6 Å². The fourth-order valence-electron chi connectivity index (χ4n) is 5.54. The molecule has 3 aromatic rings. The van der Waals surface area contributed by atoms with E-state index in [1.165, 1.54) is 29.2 Å². The first-order chi connectivity index (χ1) is 16.4. The van der Waals surface area contributed by atoms with Crippen molar-refractivity contribution in [2.45, 2.75) is 30.7 Å². The summed E-state index contributed by atoms with van der Waals surface area (Å²) in [7, 11) is 0. The zero-order valence-corrected chi connectivity index (χ0v) is 18.5. The second-order valence-corrected chi connectivity index (χ2v) is 9.73. The van der Waals surface area contributed by atoms with Crippen LogP contribution in [0.1, 0.15) is 68.1 Å². The Morgan fingerprint density at radius 2 is 1.44 bits per heavy atom. The molecule has 2 aliphatic carbocycles. The molecule has 5 unspecified atom stereocenters. The Hall–Kier alpha value is -3.38. The third-order valence-electron chi connectivity index (χ3n) is 7.63. The van der Waals surface area contributed by atoms with Crippen LogP contribution in [-0.4, -0.2) is 23.3 Å². The van der Waals surface area contributed by atoms with E-state index in [0.29, 0.717) is 23.2 Å². The number of benzene rings is 3. The lowest BCUT2D eigenvalue weighted by Gasteiger charge is -2.16. The van der Waals surface area contributed by atoms with Gasteiger partial charge in [0, 0.05) is 12.6 Å². The van der Waals surface area contributed by atoms with Gasteiger partial charge in [-0.3, -0.25) is 14.5 Å². The molecular formula is C28H24F2N2O2. The lowest BCUT2D eigenvalue weighted by atomic mass is 9.93. The summed E-state index contributed by atoms with van der Waals surface area (Å²) in [5.74, 6) is -0.335. The Morgan fingerprint density at radius 1 is 0.824 bits per heavy atom. The van der Waals surface area contributed by atoms with Gasteiger partial charge in [0.15, 0.2) is 0 Å². The van der Waals surface area contributed by atoms with Crippen molar-refractivity contribution in [3.05, 3.63) is 106 Å². The summed E-state index contributed by atoms with van der Waals surface area (Å²) in [5.41, 5.74) is 10.2. The molecule has 0 radical (unpaired) electrons. The Morgan fingerprint density at radius 3 is 2.09 bits per heavy atom. The number of fused-ring (bicyclic) bond motifs is 1. The van der Waals surface area contributed by atoms with Gasteiger partial charge in [-0.15, -0.1) is 0 Å².